The van der Waals surface area contributed by atoms with Gasteiger partial charge in [-0.05, 0) is 43.6 Å². The summed E-state index contributed by atoms with van der Waals surface area (Å²) in [6, 6.07) is 5.15. The number of hydrogen-bond acceptors (Lipinski definition) is 9. The van der Waals surface area contributed by atoms with Crippen molar-refractivity contribution in [2.24, 2.45) is 10.2 Å². The van der Waals surface area contributed by atoms with Crippen LogP contribution in [0.5, 0.6) is 0 Å². The third-order valence-electron chi connectivity index (χ3n) is 4.85. The normalized spacial score (nSPS) is 11.4. The van der Waals surface area contributed by atoms with Crippen molar-refractivity contribution in [3.63, 3.8) is 0 Å². The summed E-state index contributed by atoms with van der Waals surface area (Å²) in [7, 11) is 0. The third kappa shape index (κ3) is 3.07. The van der Waals surface area contributed by atoms with Gasteiger partial charge in [-0.25, -0.2) is 14.5 Å². The van der Waals surface area contributed by atoms with Crippen LogP contribution in [-0.4, -0.2) is 41.7 Å². The van der Waals surface area contributed by atoms with Crippen LogP contribution >= 0.6 is 11.5 Å². The van der Waals surface area contributed by atoms with Crippen LogP contribution in [0.4, 0.5) is 22.9 Å². The number of carbonyl (C=O) groups excluding carboxylic acids is 1. The second kappa shape index (κ2) is 7.74. The molecule has 1 N–H and O–H groups in total. The molecule has 0 atom stereocenters. The first-order valence-corrected chi connectivity index (χ1v) is 10.3. The van der Waals surface area contributed by atoms with Gasteiger partial charge >= 0.3 is 5.97 Å². The monoisotopic (exact) mass is 456 g/mol. The minimum Gasteiger partial charge on any atom is -0.462 e. The molecule has 5 rings (SSSR count). The van der Waals surface area contributed by atoms with Crippen LogP contribution in [0, 0.1) is 20.1 Å². The Labute approximate surface area is 189 Å². The van der Waals surface area contributed by atoms with Gasteiger partial charge in [-0.1, -0.05) is 0 Å². The highest BCUT2D eigenvalue weighted by Crippen LogP contribution is 2.44. The molecule has 0 fully saturated rings. The highest BCUT2D eigenvalue weighted by atomic mass is 32.1. The van der Waals surface area contributed by atoms with Crippen molar-refractivity contribution >= 4 is 68.0 Å². The number of benzene rings is 1. The van der Waals surface area contributed by atoms with E-state index in [4.69, 9.17) is 17.9 Å². The van der Waals surface area contributed by atoms with E-state index in [2.05, 4.69) is 44.7 Å². The minimum atomic E-state index is -0.496. The summed E-state index contributed by atoms with van der Waals surface area (Å²) in [6.07, 6.45) is 0. The highest BCUT2D eigenvalue weighted by Gasteiger charge is 2.22. The number of rotatable bonds is 4. The lowest BCUT2D eigenvalue weighted by Crippen LogP contribution is -2.03. The molecule has 12 nitrogen and oxygen atoms in total. The molecule has 0 bridgehead atoms. The van der Waals surface area contributed by atoms with Crippen LogP contribution in [0.3, 0.4) is 0 Å². The van der Waals surface area contributed by atoms with E-state index in [-0.39, 0.29) is 28.7 Å². The maximum atomic E-state index is 12.2. The fourth-order valence-corrected chi connectivity index (χ4v) is 4.12. The predicted octanol–water partition coefficient (Wildman–Crippen LogP) is 5.22. The van der Waals surface area contributed by atoms with Crippen molar-refractivity contribution < 1.29 is 9.53 Å². The summed E-state index contributed by atoms with van der Waals surface area (Å²) in [5.74, 6) is 0.265. The van der Waals surface area contributed by atoms with Gasteiger partial charge in [0.05, 0.1) is 31.0 Å². The Hall–Kier alpha value is -4.75. The molecule has 0 saturated carbocycles. The quantitative estimate of drug-likeness (QED) is 0.224. The molecule has 4 heterocycles. The second-order valence-electron chi connectivity index (χ2n) is 6.73. The molecule has 0 saturated heterocycles. The van der Waals surface area contributed by atoms with Gasteiger partial charge < -0.3 is 4.74 Å². The van der Waals surface area contributed by atoms with Crippen molar-refractivity contribution in [1.82, 2.24) is 29.2 Å². The van der Waals surface area contributed by atoms with Crippen LogP contribution < -0.4 is 0 Å². The number of aromatic nitrogens is 6. The number of aromatic amines is 1. The van der Waals surface area contributed by atoms with Crippen molar-refractivity contribution in [3.8, 4) is 0 Å². The predicted molar refractivity (Wildman–Crippen MR) is 120 cm³/mol. The molecule has 0 spiro atoms. The van der Waals surface area contributed by atoms with E-state index in [1.165, 1.54) is 0 Å². The Morgan fingerprint density at radius 2 is 2.03 bits per heavy atom. The molecule has 5 aromatic rings. The maximum absolute atomic E-state index is 12.2. The second-order valence-corrected chi connectivity index (χ2v) is 7.50. The first kappa shape index (κ1) is 20.2. The van der Waals surface area contributed by atoms with E-state index in [1.807, 2.05) is 0 Å². The van der Waals surface area contributed by atoms with Gasteiger partial charge in [-0.15, -0.1) is 15.3 Å². The van der Waals surface area contributed by atoms with Gasteiger partial charge in [0.1, 0.15) is 22.5 Å². The first-order chi connectivity index (χ1) is 16.1. The number of azo groups is 1. The number of esters is 1. The Morgan fingerprint density at radius 3 is 2.79 bits per heavy atom. The van der Waals surface area contributed by atoms with Crippen LogP contribution in [0.1, 0.15) is 22.4 Å². The average Bonchev–Trinajstić information content (AvgIpc) is 3.50. The number of carbonyl (C=O) groups is 1. The number of H-pyrrole nitrogens is 1. The fraction of sp³-hybridized carbons (Fsp3) is 0.150. The molecule has 0 radical (unpaired) electrons. The van der Waals surface area contributed by atoms with E-state index in [9.17, 15) is 4.79 Å². The zero-order valence-corrected chi connectivity index (χ0v) is 18.0. The molecular formula is C20H12N10O2S. The zero-order chi connectivity index (χ0) is 23.1. The molecule has 33 heavy (non-hydrogen) atoms. The van der Waals surface area contributed by atoms with Crippen LogP contribution in [0.2, 0.25) is 0 Å². The summed E-state index contributed by atoms with van der Waals surface area (Å²) in [4.78, 5) is 19.4. The van der Waals surface area contributed by atoms with Gasteiger partial charge in [-0.2, -0.15) is 14.6 Å². The lowest BCUT2D eigenvalue weighted by atomic mass is 10.2. The largest absolute Gasteiger partial charge is 0.462 e. The molecule has 160 valence electrons. The number of nitrogens with zero attached hydrogens (tertiary/aromatic N) is 9. The van der Waals surface area contributed by atoms with Crippen molar-refractivity contribution in [1.29, 1.82) is 0 Å². The number of fused-ring (bicyclic) bond motifs is 4. The van der Waals surface area contributed by atoms with E-state index in [0.29, 0.717) is 39.1 Å². The lowest BCUT2D eigenvalue weighted by molar-refractivity contribution is 0.0534. The topological polar surface area (TPSA) is 132 Å². The SMILES string of the molecule is [C-]#[N+]c1c([N+]#[C-])c2[nH]nc(C)n2c1/N=N/c1ccc2nnc3c(C(=O)OCC)snc3c2c1. The van der Waals surface area contributed by atoms with Crippen molar-refractivity contribution in [2.75, 3.05) is 6.61 Å². The molecule has 4 aromatic heterocycles. The number of hydrogen-bond donors (Lipinski definition) is 1. The van der Waals surface area contributed by atoms with E-state index < -0.39 is 5.97 Å². The van der Waals surface area contributed by atoms with Crippen molar-refractivity contribution in [2.45, 2.75) is 13.8 Å². The molecule has 0 amide bonds. The molecule has 13 heteroatoms. The Bertz CT molecular complexity index is 1700. The smallest absolute Gasteiger partial charge is 0.352 e. The average molecular weight is 456 g/mol. The number of ether oxygens (including phenoxy) is 1. The summed E-state index contributed by atoms with van der Waals surface area (Å²) < 4.78 is 11.0. The molecule has 0 aliphatic heterocycles. The van der Waals surface area contributed by atoms with Gasteiger partial charge in [0.25, 0.3) is 0 Å². The van der Waals surface area contributed by atoms with Gasteiger partial charge in [0.15, 0.2) is 10.7 Å². The minimum absolute atomic E-state index is 0.0955. The molecule has 0 aliphatic rings. The number of nitrogens with one attached hydrogen (secondary N) is 1. The third-order valence-corrected chi connectivity index (χ3v) is 5.66. The van der Waals surface area contributed by atoms with E-state index in [1.54, 1.807) is 36.4 Å². The maximum Gasteiger partial charge on any atom is 0.352 e. The number of aryl methyl sites for hydroxylation is 1. The van der Waals surface area contributed by atoms with Crippen LogP contribution in [0.15, 0.2) is 28.4 Å². The summed E-state index contributed by atoms with van der Waals surface area (Å²) in [5.41, 5.74) is 2.56. The summed E-state index contributed by atoms with van der Waals surface area (Å²) in [5, 5.41) is 24.4. The standard InChI is InChI=1S/C20H12N10O2S/c1-5-32-20(31)17-14-13(29-33-17)11-8-10(6-7-12(11)25-26-14)24-28-19-16(22-4)15(21-3)18-27-23-9(2)30(18)19/h6-8,27H,5H2,1-2H3/b28-24+. The van der Waals surface area contributed by atoms with E-state index >= 15 is 0 Å². The van der Waals surface area contributed by atoms with Gasteiger partial charge in [-0.3, -0.25) is 9.50 Å². The zero-order valence-electron chi connectivity index (χ0n) is 17.2. The molecule has 0 aliphatic carbocycles. The molecule has 0 unspecified atom stereocenters. The Balaban J connectivity index is 1.63. The fourth-order valence-electron chi connectivity index (χ4n) is 3.40. The Morgan fingerprint density at radius 1 is 1.21 bits per heavy atom. The molecule has 1 aromatic carbocycles. The van der Waals surface area contributed by atoms with Gasteiger partial charge in [0.2, 0.25) is 11.4 Å². The van der Waals surface area contributed by atoms with E-state index in [0.717, 1.165) is 11.5 Å². The molecular weight excluding hydrogens is 444 g/mol. The Kier molecular flexibility index (Phi) is 4.73. The summed E-state index contributed by atoms with van der Waals surface area (Å²) >= 11 is 1.000. The van der Waals surface area contributed by atoms with Gasteiger partial charge in [0, 0.05) is 5.39 Å². The van der Waals surface area contributed by atoms with Crippen LogP contribution in [-0.2, 0) is 4.74 Å². The summed E-state index contributed by atoms with van der Waals surface area (Å²) in [6.45, 7) is 18.6. The van der Waals surface area contributed by atoms with Crippen LogP contribution in [0.25, 0.3) is 37.3 Å². The highest BCUT2D eigenvalue weighted by molar-refractivity contribution is 7.09. The first-order valence-electron chi connectivity index (χ1n) is 9.56. The lowest BCUT2D eigenvalue weighted by Gasteiger charge is -2.01. The van der Waals surface area contributed by atoms with Crippen molar-refractivity contribution in [3.05, 3.63) is 51.7 Å².